The van der Waals surface area contributed by atoms with Crippen LogP contribution in [0.25, 0.3) is 0 Å². The highest BCUT2D eigenvalue weighted by molar-refractivity contribution is 5.93. The molecule has 2 amide bonds. The molecule has 6 nitrogen and oxygen atoms in total. The number of hydrogen-bond acceptors (Lipinski definition) is 4. The average molecular weight is 392 g/mol. The maximum absolute atomic E-state index is 12.2. The van der Waals surface area contributed by atoms with Crippen molar-refractivity contribution >= 4 is 11.8 Å². The number of aromatic nitrogens is 1. The van der Waals surface area contributed by atoms with Crippen LogP contribution in [0.4, 0.5) is 0 Å². The van der Waals surface area contributed by atoms with Crippen molar-refractivity contribution in [1.29, 1.82) is 0 Å². The van der Waals surface area contributed by atoms with Crippen LogP contribution in [0.1, 0.15) is 77.6 Å². The van der Waals surface area contributed by atoms with Crippen LogP contribution in [0.5, 0.6) is 5.88 Å². The number of pyridine rings is 1. The fourth-order valence-electron chi connectivity index (χ4n) is 2.86. The molecule has 0 spiro atoms. The summed E-state index contributed by atoms with van der Waals surface area (Å²) in [4.78, 5) is 28.6. The molecule has 0 aliphatic heterocycles. The zero-order valence-corrected chi connectivity index (χ0v) is 18.4. The number of hydrogen-bond donors (Lipinski definition) is 2. The van der Waals surface area contributed by atoms with Gasteiger partial charge in [0.05, 0.1) is 12.2 Å². The summed E-state index contributed by atoms with van der Waals surface area (Å²) >= 11 is 0. The van der Waals surface area contributed by atoms with Crippen molar-refractivity contribution in [3.63, 3.8) is 0 Å². The summed E-state index contributed by atoms with van der Waals surface area (Å²) in [6.45, 7) is 13.8. The van der Waals surface area contributed by atoms with Crippen molar-refractivity contribution in [2.45, 2.75) is 67.2 Å². The van der Waals surface area contributed by atoms with Crippen LogP contribution in [-0.4, -0.2) is 36.5 Å². The summed E-state index contributed by atoms with van der Waals surface area (Å²) in [6.07, 6.45) is 5.29. The lowest BCUT2D eigenvalue weighted by Gasteiger charge is -2.25. The van der Waals surface area contributed by atoms with Gasteiger partial charge in [0.2, 0.25) is 11.8 Å². The van der Waals surface area contributed by atoms with E-state index in [-0.39, 0.29) is 22.6 Å². The van der Waals surface area contributed by atoms with Crippen molar-refractivity contribution in [2.24, 2.45) is 10.8 Å². The van der Waals surface area contributed by atoms with Crippen LogP contribution in [0.2, 0.25) is 0 Å². The molecular weight excluding hydrogens is 354 g/mol. The van der Waals surface area contributed by atoms with Gasteiger partial charge in [0.25, 0.3) is 5.91 Å². The Hall–Kier alpha value is -2.11. The van der Waals surface area contributed by atoms with E-state index in [9.17, 15) is 9.59 Å². The topological polar surface area (TPSA) is 80.3 Å². The Morgan fingerprint density at radius 1 is 1.04 bits per heavy atom. The van der Waals surface area contributed by atoms with E-state index >= 15 is 0 Å². The average Bonchev–Trinajstić information content (AvgIpc) is 2.69. The molecule has 1 heterocycles. The molecule has 158 valence electrons. The van der Waals surface area contributed by atoms with Gasteiger partial charge in [0.15, 0.2) is 0 Å². The maximum atomic E-state index is 12.2. The van der Waals surface area contributed by atoms with Crippen molar-refractivity contribution in [3.8, 4) is 5.88 Å². The summed E-state index contributed by atoms with van der Waals surface area (Å²) in [5.74, 6) is 0.334. The minimum Gasteiger partial charge on any atom is -0.477 e. The molecule has 0 atom stereocenters. The Morgan fingerprint density at radius 2 is 1.68 bits per heavy atom. The van der Waals surface area contributed by atoms with Gasteiger partial charge in [0, 0.05) is 30.8 Å². The van der Waals surface area contributed by atoms with E-state index in [1.165, 1.54) is 6.20 Å². The van der Waals surface area contributed by atoms with E-state index in [0.717, 1.165) is 25.7 Å². The van der Waals surface area contributed by atoms with Gasteiger partial charge in [-0.05, 0) is 30.7 Å². The summed E-state index contributed by atoms with van der Waals surface area (Å²) in [7, 11) is 0. The highest BCUT2D eigenvalue weighted by Gasteiger charge is 2.28. The van der Waals surface area contributed by atoms with Crippen molar-refractivity contribution in [2.75, 3.05) is 19.7 Å². The number of ether oxygens (including phenoxy) is 1. The Morgan fingerprint density at radius 3 is 2.21 bits per heavy atom. The second-order valence-corrected chi connectivity index (χ2v) is 8.37. The first-order valence-corrected chi connectivity index (χ1v) is 10.3. The van der Waals surface area contributed by atoms with E-state index in [1.807, 2.05) is 20.8 Å². The number of amides is 2. The van der Waals surface area contributed by atoms with Gasteiger partial charge in [-0.1, -0.05) is 48.0 Å². The molecule has 1 aromatic rings. The van der Waals surface area contributed by atoms with E-state index in [1.54, 1.807) is 12.1 Å². The highest BCUT2D eigenvalue weighted by Crippen LogP contribution is 2.25. The standard InChI is InChI=1S/C22H37N3O3/c1-7-12-21(4,5)16-28-18-11-10-17(15-25-18)19(26)23-13-14-24-20(27)22(6,8-2)9-3/h10-11,15H,7-9,12-14,16H2,1-6H3,(H,23,26)(H,24,27). The summed E-state index contributed by atoms with van der Waals surface area (Å²) in [5.41, 5.74) is 0.219. The van der Waals surface area contributed by atoms with Gasteiger partial charge in [-0.15, -0.1) is 0 Å². The van der Waals surface area contributed by atoms with Gasteiger partial charge in [0.1, 0.15) is 0 Å². The quantitative estimate of drug-likeness (QED) is 0.529. The molecule has 0 aliphatic carbocycles. The first kappa shape index (κ1) is 23.9. The molecule has 2 N–H and O–H groups in total. The minimum absolute atomic E-state index is 0.0286. The fourth-order valence-corrected chi connectivity index (χ4v) is 2.86. The predicted octanol–water partition coefficient (Wildman–Crippen LogP) is 3.96. The monoisotopic (exact) mass is 391 g/mol. The molecule has 0 bridgehead atoms. The SMILES string of the molecule is CCCC(C)(C)COc1ccc(C(=O)NCCNC(=O)C(C)(CC)CC)cn1. The van der Waals surface area contributed by atoms with Crippen LogP contribution in [-0.2, 0) is 4.79 Å². The predicted molar refractivity (Wildman–Crippen MR) is 112 cm³/mol. The molecule has 6 heteroatoms. The minimum atomic E-state index is -0.352. The van der Waals surface area contributed by atoms with Crippen molar-refractivity contribution in [1.82, 2.24) is 15.6 Å². The van der Waals surface area contributed by atoms with E-state index in [0.29, 0.717) is 31.1 Å². The first-order chi connectivity index (χ1) is 13.2. The number of nitrogens with one attached hydrogen (secondary N) is 2. The third-order valence-electron chi connectivity index (χ3n) is 5.34. The third kappa shape index (κ3) is 7.49. The molecule has 1 rings (SSSR count). The molecule has 0 unspecified atom stereocenters. The zero-order valence-electron chi connectivity index (χ0n) is 18.4. The van der Waals surface area contributed by atoms with E-state index in [2.05, 4.69) is 36.4 Å². The Bertz CT molecular complexity index is 622. The molecule has 0 radical (unpaired) electrons. The van der Waals surface area contributed by atoms with Crippen LogP contribution in [0, 0.1) is 10.8 Å². The Kier molecular flexibility index (Phi) is 9.42. The van der Waals surface area contributed by atoms with Crippen LogP contribution in [0.15, 0.2) is 18.3 Å². The molecule has 0 aromatic carbocycles. The van der Waals surface area contributed by atoms with Crippen LogP contribution < -0.4 is 15.4 Å². The Balaban J connectivity index is 2.42. The van der Waals surface area contributed by atoms with Gasteiger partial charge in [-0.3, -0.25) is 9.59 Å². The zero-order chi connectivity index (χ0) is 21.2. The van der Waals surface area contributed by atoms with Crippen LogP contribution >= 0.6 is 0 Å². The molecular formula is C22H37N3O3. The van der Waals surface area contributed by atoms with Crippen molar-refractivity contribution in [3.05, 3.63) is 23.9 Å². The van der Waals surface area contributed by atoms with Gasteiger partial charge >= 0.3 is 0 Å². The molecule has 0 saturated carbocycles. The number of carbonyl (C=O) groups excluding carboxylic acids is 2. The lowest BCUT2D eigenvalue weighted by atomic mass is 9.84. The summed E-state index contributed by atoms with van der Waals surface area (Å²) in [5, 5.41) is 5.69. The molecule has 1 aromatic heterocycles. The Labute approximate surface area is 169 Å². The highest BCUT2D eigenvalue weighted by atomic mass is 16.5. The second kappa shape index (κ2) is 11.0. The maximum Gasteiger partial charge on any atom is 0.252 e. The molecule has 28 heavy (non-hydrogen) atoms. The largest absolute Gasteiger partial charge is 0.477 e. The van der Waals surface area contributed by atoms with Gasteiger partial charge < -0.3 is 15.4 Å². The number of carbonyl (C=O) groups is 2. The first-order valence-electron chi connectivity index (χ1n) is 10.3. The molecule has 0 fully saturated rings. The van der Waals surface area contributed by atoms with E-state index in [4.69, 9.17) is 4.74 Å². The molecule has 0 saturated heterocycles. The lowest BCUT2D eigenvalue weighted by molar-refractivity contribution is -0.130. The third-order valence-corrected chi connectivity index (χ3v) is 5.34. The fraction of sp³-hybridized carbons (Fsp3) is 0.682. The molecule has 0 aliphatic rings. The normalized spacial score (nSPS) is 11.8. The number of nitrogens with zero attached hydrogens (tertiary/aromatic N) is 1. The summed E-state index contributed by atoms with van der Waals surface area (Å²) < 4.78 is 5.75. The van der Waals surface area contributed by atoms with Gasteiger partial charge in [-0.2, -0.15) is 0 Å². The van der Waals surface area contributed by atoms with Crippen molar-refractivity contribution < 1.29 is 14.3 Å². The lowest BCUT2D eigenvalue weighted by Crippen LogP contribution is -2.42. The van der Waals surface area contributed by atoms with Gasteiger partial charge in [-0.25, -0.2) is 4.98 Å². The number of rotatable bonds is 12. The van der Waals surface area contributed by atoms with Crippen LogP contribution in [0.3, 0.4) is 0 Å². The van der Waals surface area contributed by atoms with E-state index < -0.39 is 0 Å². The second-order valence-electron chi connectivity index (χ2n) is 8.37. The summed E-state index contributed by atoms with van der Waals surface area (Å²) in [6, 6.07) is 3.42. The smallest absolute Gasteiger partial charge is 0.252 e.